The fourth-order valence-corrected chi connectivity index (χ4v) is 3.69. The van der Waals surface area contributed by atoms with Crippen molar-refractivity contribution in [3.8, 4) is 0 Å². The van der Waals surface area contributed by atoms with E-state index in [1.807, 2.05) is 0 Å². The normalized spacial score (nSPS) is 33.2. The van der Waals surface area contributed by atoms with Crippen molar-refractivity contribution in [3.63, 3.8) is 0 Å². The Morgan fingerprint density at radius 2 is 1.94 bits per heavy atom. The molecule has 1 unspecified atom stereocenters. The van der Waals surface area contributed by atoms with E-state index < -0.39 is 9.84 Å². The summed E-state index contributed by atoms with van der Waals surface area (Å²) in [5, 5.41) is 3.19. The van der Waals surface area contributed by atoms with Crippen LogP contribution in [0.5, 0.6) is 0 Å². The van der Waals surface area contributed by atoms with Crippen LogP contribution in [-0.2, 0) is 9.84 Å². The molecule has 0 spiro atoms. The second-order valence-electron chi connectivity index (χ2n) is 5.61. The van der Waals surface area contributed by atoms with Crippen molar-refractivity contribution in [2.45, 2.75) is 38.0 Å². The summed E-state index contributed by atoms with van der Waals surface area (Å²) in [6.07, 6.45) is 2.54. The molecule has 3 aliphatic heterocycles. The van der Waals surface area contributed by atoms with Gasteiger partial charge in [0.05, 0.1) is 11.0 Å². The number of rotatable bonds is 5. The van der Waals surface area contributed by atoms with Gasteiger partial charge in [0.15, 0.2) is 9.84 Å². The minimum Gasteiger partial charge on any atom is -0.311 e. The first-order valence-corrected chi connectivity index (χ1v) is 8.38. The molecule has 3 rings (SSSR count). The van der Waals surface area contributed by atoms with Gasteiger partial charge in [-0.25, -0.2) is 8.42 Å². The van der Waals surface area contributed by atoms with Crippen molar-refractivity contribution in [1.82, 2.24) is 10.2 Å². The van der Waals surface area contributed by atoms with Gasteiger partial charge in [-0.3, -0.25) is 0 Å². The maximum absolute atomic E-state index is 11.7. The number of fused-ring (bicyclic) bond motifs is 3. The van der Waals surface area contributed by atoms with Crippen molar-refractivity contribution >= 4 is 9.84 Å². The van der Waals surface area contributed by atoms with Crippen LogP contribution in [0, 0.1) is 5.92 Å². The van der Waals surface area contributed by atoms with E-state index in [9.17, 15) is 8.42 Å². The number of sulfone groups is 1. The van der Waals surface area contributed by atoms with Crippen molar-refractivity contribution < 1.29 is 8.42 Å². The SMILES string of the molecule is CC(C)S(=O)(=O)CCNC1CN2CCC1CC2. The van der Waals surface area contributed by atoms with Gasteiger partial charge in [-0.1, -0.05) is 0 Å². The Balaban J connectivity index is 1.76. The largest absolute Gasteiger partial charge is 0.311 e. The summed E-state index contributed by atoms with van der Waals surface area (Å²) in [7, 11) is -2.89. The Bertz CT molecular complexity index is 346. The van der Waals surface area contributed by atoms with Crippen molar-refractivity contribution in [2.24, 2.45) is 5.92 Å². The van der Waals surface area contributed by atoms with E-state index in [0.717, 1.165) is 12.5 Å². The maximum Gasteiger partial charge on any atom is 0.153 e. The van der Waals surface area contributed by atoms with E-state index in [0.29, 0.717) is 12.6 Å². The molecule has 2 bridgehead atoms. The van der Waals surface area contributed by atoms with E-state index in [4.69, 9.17) is 0 Å². The predicted octanol–water partition coefficient (Wildman–Crippen LogP) is 0.493. The van der Waals surface area contributed by atoms with Crippen molar-refractivity contribution in [1.29, 1.82) is 0 Å². The van der Waals surface area contributed by atoms with Gasteiger partial charge in [-0.05, 0) is 45.7 Å². The lowest BCUT2D eigenvalue weighted by atomic mass is 9.84. The van der Waals surface area contributed by atoms with Crippen LogP contribution in [-0.4, -0.2) is 56.5 Å². The molecule has 0 radical (unpaired) electrons. The van der Waals surface area contributed by atoms with Gasteiger partial charge < -0.3 is 10.2 Å². The number of piperidine rings is 3. The first-order chi connectivity index (χ1) is 7.99. The zero-order chi connectivity index (χ0) is 12.5. The third-order valence-electron chi connectivity index (χ3n) is 4.17. The lowest BCUT2D eigenvalue weighted by Crippen LogP contribution is -2.56. The molecule has 100 valence electrons. The number of nitrogens with one attached hydrogen (secondary N) is 1. The van der Waals surface area contributed by atoms with Crippen LogP contribution in [0.3, 0.4) is 0 Å². The average Bonchev–Trinajstić information content (AvgIpc) is 2.30. The topological polar surface area (TPSA) is 49.4 Å². The van der Waals surface area contributed by atoms with Crippen LogP contribution in [0.15, 0.2) is 0 Å². The highest BCUT2D eigenvalue weighted by Gasteiger charge is 2.33. The zero-order valence-electron chi connectivity index (χ0n) is 10.9. The monoisotopic (exact) mass is 260 g/mol. The van der Waals surface area contributed by atoms with Gasteiger partial charge >= 0.3 is 0 Å². The Kier molecular flexibility index (Phi) is 4.10. The first-order valence-electron chi connectivity index (χ1n) is 6.66. The second-order valence-corrected chi connectivity index (χ2v) is 8.29. The van der Waals surface area contributed by atoms with E-state index in [-0.39, 0.29) is 11.0 Å². The molecule has 1 N–H and O–H groups in total. The molecule has 3 fully saturated rings. The van der Waals surface area contributed by atoms with Gasteiger partial charge in [0.1, 0.15) is 0 Å². The van der Waals surface area contributed by atoms with Gasteiger partial charge in [-0.15, -0.1) is 0 Å². The summed E-state index contributed by atoms with van der Waals surface area (Å²) < 4.78 is 23.4. The highest BCUT2D eigenvalue weighted by molar-refractivity contribution is 7.92. The van der Waals surface area contributed by atoms with Gasteiger partial charge in [0.25, 0.3) is 0 Å². The van der Waals surface area contributed by atoms with Gasteiger partial charge in [0.2, 0.25) is 0 Å². The van der Waals surface area contributed by atoms with E-state index in [1.165, 1.54) is 25.9 Å². The third-order valence-corrected chi connectivity index (χ3v) is 6.38. The summed E-state index contributed by atoms with van der Waals surface area (Å²) in [5.74, 6) is 1.04. The Hall–Kier alpha value is -0.130. The summed E-state index contributed by atoms with van der Waals surface area (Å²) in [4.78, 5) is 2.48. The lowest BCUT2D eigenvalue weighted by molar-refractivity contribution is 0.0738. The van der Waals surface area contributed by atoms with Crippen LogP contribution in [0.1, 0.15) is 26.7 Å². The van der Waals surface area contributed by atoms with Crippen LogP contribution in [0.4, 0.5) is 0 Å². The molecule has 0 aromatic heterocycles. The third kappa shape index (κ3) is 3.20. The molecule has 4 nitrogen and oxygen atoms in total. The molecule has 0 aromatic rings. The number of hydrogen-bond acceptors (Lipinski definition) is 4. The summed E-state index contributed by atoms with van der Waals surface area (Å²) >= 11 is 0. The average molecular weight is 260 g/mol. The molecule has 3 aliphatic rings. The van der Waals surface area contributed by atoms with E-state index in [2.05, 4.69) is 10.2 Å². The smallest absolute Gasteiger partial charge is 0.153 e. The zero-order valence-corrected chi connectivity index (χ0v) is 11.7. The van der Waals surface area contributed by atoms with Gasteiger partial charge in [0, 0.05) is 19.1 Å². The van der Waals surface area contributed by atoms with E-state index >= 15 is 0 Å². The molecular formula is C12H24N2O2S. The molecule has 1 atom stereocenters. The van der Waals surface area contributed by atoms with Gasteiger partial charge in [-0.2, -0.15) is 0 Å². The summed E-state index contributed by atoms with van der Waals surface area (Å²) in [5.41, 5.74) is 0. The minimum absolute atomic E-state index is 0.254. The fraction of sp³-hybridized carbons (Fsp3) is 1.00. The van der Waals surface area contributed by atoms with Crippen molar-refractivity contribution in [2.75, 3.05) is 31.9 Å². The molecular weight excluding hydrogens is 236 g/mol. The molecule has 3 saturated heterocycles. The molecule has 5 heteroatoms. The Morgan fingerprint density at radius 1 is 1.29 bits per heavy atom. The molecule has 0 amide bonds. The van der Waals surface area contributed by atoms with Crippen LogP contribution < -0.4 is 5.32 Å². The fourth-order valence-electron chi connectivity index (χ4n) is 2.82. The standard InChI is InChI=1S/C12H24N2O2S/c1-10(2)17(15,16)8-5-13-12-9-14-6-3-11(12)4-7-14/h10-13H,3-9H2,1-2H3. The Morgan fingerprint density at radius 3 is 2.41 bits per heavy atom. The highest BCUT2D eigenvalue weighted by Crippen LogP contribution is 2.27. The van der Waals surface area contributed by atoms with Crippen molar-refractivity contribution in [3.05, 3.63) is 0 Å². The Labute approximate surface area is 105 Å². The quantitative estimate of drug-likeness (QED) is 0.782. The number of hydrogen-bond donors (Lipinski definition) is 1. The minimum atomic E-state index is -2.89. The predicted molar refractivity (Wildman–Crippen MR) is 69.9 cm³/mol. The molecule has 3 heterocycles. The summed E-state index contributed by atoms with van der Waals surface area (Å²) in [6, 6.07) is 0.514. The molecule has 0 aromatic carbocycles. The lowest BCUT2D eigenvalue weighted by Gasteiger charge is -2.45. The van der Waals surface area contributed by atoms with Crippen LogP contribution in [0.25, 0.3) is 0 Å². The summed E-state index contributed by atoms with van der Waals surface area (Å²) in [6.45, 7) is 7.68. The highest BCUT2D eigenvalue weighted by atomic mass is 32.2. The number of nitrogens with zero attached hydrogens (tertiary/aromatic N) is 1. The van der Waals surface area contributed by atoms with Crippen LogP contribution >= 0.6 is 0 Å². The maximum atomic E-state index is 11.7. The van der Waals surface area contributed by atoms with Crippen LogP contribution in [0.2, 0.25) is 0 Å². The second kappa shape index (κ2) is 5.24. The molecule has 0 saturated carbocycles. The molecule has 17 heavy (non-hydrogen) atoms. The molecule has 0 aliphatic carbocycles. The van der Waals surface area contributed by atoms with E-state index in [1.54, 1.807) is 13.8 Å². The first kappa shape index (κ1) is 13.3.